The Balaban J connectivity index is 2.08. The van der Waals surface area contributed by atoms with Crippen molar-refractivity contribution in [3.63, 3.8) is 0 Å². The molecule has 0 aliphatic heterocycles. The van der Waals surface area contributed by atoms with Crippen LogP contribution in [0.5, 0.6) is 0 Å². The minimum Gasteiger partial charge on any atom is -0.395 e. The molecule has 2 aromatic carbocycles. The smallest absolute Gasteiger partial charge is 0.322 e. The number of benzene rings is 2. The molecular formula is C19H25N3O2. The maximum absolute atomic E-state index is 12.5. The summed E-state index contributed by atoms with van der Waals surface area (Å²) >= 11 is 0. The number of hydrogen-bond acceptors (Lipinski definition) is 3. The summed E-state index contributed by atoms with van der Waals surface area (Å²) in [6, 6.07) is 15.4. The largest absolute Gasteiger partial charge is 0.395 e. The molecule has 0 saturated heterocycles. The molecule has 2 aromatic rings. The molecule has 0 radical (unpaired) electrons. The Morgan fingerprint density at radius 3 is 2.42 bits per heavy atom. The Morgan fingerprint density at radius 2 is 1.83 bits per heavy atom. The van der Waals surface area contributed by atoms with E-state index in [1.165, 1.54) is 0 Å². The number of anilines is 2. The van der Waals surface area contributed by atoms with Crippen molar-refractivity contribution in [2.75, 3.05) is 37.5 Å². The molecular weight excluding hydrogens is 302 g/mol. The van der Waals surface area contributed by atoms with Gasteiger partial charge in [-0.1, -0.05) is 30.3 Å². The fourth-order valence-corrected chi connectivity index (χ4v) is 2.61. The lowest BCUT2D eigenvalue weighted by atomic mass is 10.1. The third-order valence-corrected chi connectivity index (χ3v) is 3.80. The molecule has 0 spiro atoms. The lowest BCUT2D eigenvalue weighted by molar-refractivity contribution is 0.185. The second-order valence-electron chi connectivity index (χ2n) is 5.96. The van der Waals surface area contributed by atoms with E-state index >= 15 is 0 Å². The minimum atomic E-state index is -0.218. The summed E-state index contributed by atoms with van der Waals surface area (Å²) in [5.74, 6) is 0. The molecule has 0 bridgehead atoms. The monoisotopic (exact) mass is 327 g/mol. The molecule has 128 valence electrons. The Kier molecular flexibility index (Phi) is 6.21. The van der Waals surface area contributed by atoms with Crippen molar-refractivity contribution in [2.24, 2.45) is 0 Å². The standard InChI is InChI=1S/C19H25N3O2/c1-15-13-17(9-10-18(15)21(2)3)20-19(24)22(11-12-23)14-16-7-5-4-6-8-16/h4-10,13,23H,11-12,14H2,1-3H3,(H,20,24). The third kappa shape index (κ3) is 4.73. The molecule has 2 rings (SSSR count). The van der Waals surface area contributed by atoms with Crippen LogP contribution in [0.3, 0.4) is 0 Å². The van der Waals surface area contributed by atoms with E-state index in [9.17, 15) is 9.90 Å². The number of carbonyl (C=O) groups excluding carboxylic acids is 1. The normalized spacial score (nSPS) is 10.3. The van der Waals surface area contributed by atoms with E-state index in [-0.39, 0.29) is 19.2 Å². The Hall–Kier alpha value is -2.53. The van der Waals surface area contributed by atoms with Gasteiger partial charge in [0.05, 0.1) is 6.61 Å². The van der Waals surface area contributed by atoms with Gasteiger partial charge in [0.15, 0.2) is 0 Å². The number of aryl methyl sites for hydroxylation is 1. The van der Waals surface area contributed by atoms with Gasteiger partial charge in [0.1, 0.15) is 0 Å². The van der Waals surface area contributed by atoms with Gasteiger partial charge in [0, 0.05) is 38.6 Å². The lowest BCUT2D eigenvalue weighted by Gasteiger charge is -2.23. The SMILES string of the molecule is Cc1cc(NC(=O)N(CCO)Cc2ccccc2)ccc1N(C)C. The molecule has 0 unspecified atom stereocenters. The van der Waals surface area contributed by atoms with Crippen LogP contribution in [0.4, 0.5) is 16.2 Å². The summed E-state index contributed by atoms with van der Waals surface area (Å²) in [6.07, 6.45) is 0. The zero-order valence-corrected chi connectivity index (χ0v) is 14.5. The fraction of sp³-hybridized carbons (Fsp3) is 0.316. The van der Waals surface area contributed by atoms with Gasteiger partial charge in [-0.15, -0.1) is 0 Å². The van der Waals surface area contributed by atoms with E-state index in [1.54, 1.807) is 4.90 Å². The molecule has 0 aliphatic carbocycles. The quantitative estimate of drug-likeness (QED) is 0.857. The van der Waals surface area contributed by atoms with Crippen LogP contribution in [0.2, 0.25) is 0 Å². The molecule has 0 saturated carbocycles. The highest BCUT2D eigenvalue weighted by Crippen LogP contribution is 2.22. The molecule has 5 heteroatoms. The van der Waals surface area contributed by atoms with Gasteiger partial charge in [0.2, 0.25) is 0 Å². The molecule has 0 fully saturated rings. The molecule has 0 atom stereocenters. The van der Waals surface area contributed by atoms with E-state index in [0.29, 0.717) is 6.54 Å². The van der Waals surface area contributed by atoms with Crippen LogP contribution in [-0.2, 0) is 6.54 Å². The first-order valence-electron chi connectivity index (χ1n) is 8.00. The summed E-state index contributed by atoms with van der Waals surface area (Å²) in [6.45, 7) is 2.69. The van der Waals surface area contributed by atoms with Gasteiger partial charge in [-0.05, 0) is 36.2 Å². The highest BCUT2D eigenvalue weighted by molar-refractivity contribution is 5.89. The van der Waals surface area contributed by atoms with E-state index < -0.39 is 0 Å². The van der Waals surface area contributed by atoms with Crippen LogP contribution in [0, 0.1) is 6.92 Å². The van der Waals surface area contributed by atoms with Gasteiger partial charge in [-0.25, -0.2) is 4.79 Å². The summed E-state index contributed by atoms with van der Waals surface area (Å²) in [5, 5.41) is 12.2. The third-order valence-electron chi connectivity index (χ3n) is 3.80. The topological polar surface area (TPSA) is 55.8 Å². The maximum atomic E-state index is 12.5. The Bertz CT molecular complexity index is 672. The number of nitrogens with one attached hydrogen (secondary N) is 1. The first kappa shape index (κ1) is 17.8. The fourth-order valence-electron chi connectivity index (χ4n) is 2.61. The van der Waals surface area contributed by atoms with Crippen molar-refractivity contribution in [3.05, 3.63) is 59.7 Å². The highest BCUT2D eigenvalue weighted by atomic mass is 16.3. The minimum absolute atomic E-state index is 0.0706. The zero-order chi connectivity index (χ0) is 17.5. The van der Waals surface area contributed by atoms with Gasteiger partial charge in [-0.3, -0.25) is 0 Å². The number of aliphatic hydroxyl groups excluding tert-OH is 1. The average Bonchev–Trinajstić information content (AvgIpc) is 2.55. The van der Waals surface area contributed by atoms with Crippen LogP contribution in [-0.4, -0.2) is 43.3 Å². The van der Waals surface area contributed by atoms with Crippen molar-refractivity contribution in [3.8, 4) is 0 Å². The molecule has 0 aromatic heterocycles. The van der Waals surface area contributed by atoms with E-state index in [1.807, 2.05) is 74.4 Å². The summed E-state index contributed by atoms with van der Waals surface area (Å²) < 4.78 is 0. The van der Waals surface area contributed by atoms with Gasteiger partial charge in [0.25, 0.3) is 0 Å². The van der Waals surface area contributed by atoms with Crippen LogP contribution < -0.4 is 10.2 Å². The Labute approximate surface area is 143 Å². The molecule has 24 heavy (non-hydrogen) atoms. The van der Waals surface area contributed by atoms with Gasteiger partial charge >= 0.3 is 6.03 Å². The Morgan fingerprint density at radius 1 is 1.12 bits per heavy atom. The first-order valence-corrected chi connectivity index (χ1v) is 8.00. The van der Waals surface area contributed by atoms with Crippen LogP contribution in [0.25, 0.3) is 0 Å². The zero-order valence-electron chi connectivity index (χ0n) is 14.5. The second-order valence-corrected chi connectivity index (χ2v) is 5.96. The van der Waals surface area contributed by atoms with Gasteiger partial charge in [-0.2, -0.15) is 0 Å². The number of amides is 2. The number of nitrogens with zero attached hydrogens (tertiary/aromatic N) is 2. The van der Waals surface area contributed by atoms with Crippen molar-refractivity contribution in [2.45, 2.75) is 13.5 Å². The van der Waals surface area contributed by atoms with Crippen molar-refractivity contribution in [1.82, 2.24) is 4.90 Å². The summed E-state index contributed by atoms with van der Waals surface area (Å²) in [4.78, 5) is 16.2. The number of urea groups is 1. The van der Waals surface area contributed by atoms with E-state index in [2.05, 4.69) is 5.32 Å². The number of rotatable bonds is 6. The predicted molar refractivity (Wildman–Crippen MR) is 98.5 cm³/mol. The molecule has 0 heterocycles. The van der Waals surface area contributed by atoms with Crippen molar-refractivity contribution >= 4 is 17.4 Å². The van der Waals surface area contributed by atoms with Crippen LogP contribution >= 0.6 is 0 Å². The summed E-state index contributed by atoms with van der Waals surface area (Å²) in [5.41, 5.74) is 3.98. The number of hydrogen-bond donors (Lipinski definition) is 2. The van der Waals surface area contributed by atoms with Gasteiger partial charge < -0.3 is 20.2 Å². The van der Waals surface area contributed by atoms with Crippen LogP contribution in [0.1, 0.15) is 11.1 Å². The second kappa shape index (κ2) is 8.36. The van der Waals surface area contributed by atoms with Crippen molar-refractivity contribution in [1.29, 1.82) is 0 Å². The molecule has 2 N–H and O–H groups in total. The molecule has 5 nitrogen and oxygen atoms in total. The molecule has 2 amide bonds. The first-order chi connectivity index (χ1) is 11.5. The average molecular weight is 327 g/mol. The van der Waals surface area contributed by atoms with Crippen LogP contribution in [0.15, 0.2) is 48.5 Å². The number of aliphatic hydroxyl groups is 1. The van der Waals surface area contributed by atoms with Crippen molar-refractivity contribution < 1.29 is 9.90 Å². The number of carbonyl (C=O) groups is 1. The van der Waals surface area contributed by atoms with E-state index in [0.717, 1.165) is 22.5 Å². The maximum Gasteiger partial charge on any atom is 0.322 e. The lowest BCUT2D eigenvalue weighted by Crippen LogP contribution is -2.36. The van der Waals surface area contributed by atoms with E-state index in [4.69, 9.17) is 0 Å². The highest BCUT2D eigenvalue weighted by Gasteiger charge is 2.14. The summed E-state index contributed by atoms with van der Waals surface area (Å²) in [7, 11) is 3.98. The predicted octanol–water partition coefficient (Wildman–Crippen LogP) is 3.09. The molecule has 0 aliphatic rings.